The van der Waals surface area contributed by atoms with Crippen molar-refractivity contribution < 1.29 is 14.1 Å². The van der Waals surface area contributed by atoms with Crippen LogP contribution in [0.1, 0.15) is 16.2 Å². The lowest BCUT2D eigenvalue weighted by atomic mass is 10.2. The van der Waals surface area contributed by atoms with Gasteiger partial charge in [0, 0.05) is 16.8 Å². The van der Waals surface area contributed by atoms with Crippen LogP contribution in [0.3, 0.4) is 0 Å². The molecule has 4 aromatic rings. The zero-order chi connectivity index (χ0) is 20.2. The third kappa shape index (κ3) is 4.22. The van der Waals surface area contributed by atoms with E-state index < -0.39 is 11.7 Å². The lowest BCUT2D eigenvalue weighted by Gasteiger charge is -2.00. The fraction of sp³-hybridized carbons (Fsp3) is 0.0500. The van der Waals surface area contributed by atoms with Gasteiger partial charge in [-0.15, -0.1) is 0 Å². The molecule has 9 heteroatoms. The number of amides is 1. The fourth-order valence-electron chi connectivity index (χ4n) is 2.57. The van der Waals surface area contributed by atoms with Gasteiger partial charge in [-0.05, 0) is 36.4 Å². The first kappa shape index (κ1) is 18.6. The zero-order valence-corrected chi connectivity index (χ0v) is 15.7. The number of carbonyl (C=O) groups excluding carboxylic acids is 2. The molecule has 1 N–H and O–H groups in total. The Morgan fingerprint density at radius 2 is 1.83 bits per heavy atom. The Kier molecular flexibility index (Phi) is 5.17. The van der Waals surface area contributed by atoms with E-state index in [4.69, 9.17) is 16.1 Å². The van der Waals surface area contributed by atoms with Gasteiger partial charge in [0.25, 0.3) is 11.7 Å². The van der Waals surface area contributed by atoms with E-state index in [-0.39, 0.29) is 18.0 Å². The predicted octanol–water partition coefficient (Wildman–Crippen LogP) is 3.07. The summed E-state index contributed by atoms with van der Waals surface area (Å²) in [6, 6.07) is 16.2. The fourth-order valence-corrected chi connectivity index (χ4v) is 2.70. The normalized spacial score (nSPS) is 10.7. The number of hydrogen-bond donors (Lipinski definition) is 1. The molecule has 0 saturated carbocycles. The van der Waals surface area contributed by atoms with E-state index in [0.29, 0.717) is 10.8 Å². The summed E-state index contributed by atoms with van der Waals surface area (Å²) in [5.41, 5.74) is 1.69. The molecular formula is C20H14ClN5O3. The molecule has 1 amide bonds. The van der Waals surface area contributed by atoms with Crippen molar-refractivity contribution >= 4 is 23.3 Å². The van der Waals surface area contributed by atoms with Crippen LogP contribution >= 0.6 is 11.6 Å². The molecule has 0 aliphatic carbocycles. The number of Topliss-reactive ketones (excluding diaryl/α,β-unsaturated/α-hetero) is 1. The Morgan fingerprint density at radius 3 is 2.59 bits per heavy atom. The van der Waals surface area contributed by atoms with E-state index in [1.807, 2.05) is 30.3 Å². The first-order valence-electron chi connectivity index (χ1n) is 8.61. The van der Waals surface area contributed by atoms with E-state index in [9.17, 15) is 9.59 Å². The summed E-state index contributed by atoms with van der Waals surface area (Å²) >= 11 is 5.86. The molecule has 0 aliphatic rings. The molecule has 0 unspecified atom stereocenters. The number of nitrogens with zero attached hydrogens (tertiary/aromatic N) is 4. The summed E-state index contributed by atoms with van der Waals surface area (Å²) < 4.78 is 6.64. The summed E-state index contributed by atoms with van der Waals surface area (Å²) in [6.07, 6.45) is 2.85. The van der Waals surface area contributed by atoms with E-state index >= 15 is 0 Å². The molecule has 0 saturated heterocycles. The Balaban J connectivity index is 1.38. The molecule has 0 aliphatic heterocycles. The predicted molar refractivity (Wildman–Crippen MR) is 104 cm³/mol. The van der Waals surface area contributed by atoms with Crippen molar-refractivity contribution in [3.63, 3.8) is 0 Å². The van der Waals surface area contributed by atoms with Gasteiger partial charge in [0.1, 0.15) is 0 Å². The Hall–Kier alpha value is -3.78. The lowest BCUT2D eigenvalue weighted by Crippen LogP contribution is -2.30. The van der Waals surface area contributed by atoms with Crippen LogP contribution in [0.25, 0.3) is 17.1 Å². The van der Waals surface area contributed by atoms with Crippen molar-refractivity contribution in [1.29, 1.82) is 0 Å². The third-order valence-corrected chi connectivity index (χ3v) is 4.29. The maximum absolute atomic E-state index is 12.3. The smallest absolute Gasteiger partial charge is 0.292 e. The number of halogens is 1. The van der Waals surface area contributed by atoms with Crippen LogP contribution in [0.5, 0.6) is 0 Å². The topological polar surface area (TPSA) is 103 Å². The molecule has 0 spiro atoms. The van der Waals surface area contributed by atoms with Gasteiger partial charge in [-0.3, -0.25) is 9.59 Å². The van der Waals surface area contributed by atoms with E-state index in [1.165, 1.54) is 17.1 Å². The largest absolute Gasteiger partial charge is 0.340 e. The quantitative estimate of drug-likeness (QED) is 0.389. The maximum atomic E-state index is 12.3. The number of rotatable bonds is 6. The van der Waals surface area contributed by atoms with Gasteiger partial charge in [-0.25, -0.2) is 4.68 Å². The van der Waals surface area contributed by atoms with Crippen LogP contribution in [0, 0.1) is 0 Å². The maximum Gasteiger partial charge on any atom is 0.292 e. The van der Waals surface area contributed by atoms with Gasteiger partial charge >= 0.3 is 0 Å². The minimum absolute atomic E-state index is 0.0714. The summed E-state index contributed by atoms with van der Waals surface area (Å²) in [5, 5.41) is 11.0. The highest BCUT2D eigenvalue weighted by atomic mass is 35.5. The number of hydrogen-bond acceptors (Lipinski definition) is 6. The molecule has 0 radical (unpaired) electrons. The van der Waals surface area contributed by atoms with Crippen molar-refractivity contribution in [2.45, 2.75) is 6.54 Å². The molecule has 2 aromatic heterocycles. The summed E-state index contributed by atoms with van der Waals surface area (Å²) in [5.74, 6) is -0.953. The first-order chi connectivity index (χ1) is 14.1. The molecule has 0 bridgehead atoms. The van der Waals surface area contributed by atoms with Crippen molar-refractivity contribution in [1.82, 2.24) is 25.2 Å². The van der Waals surface area contributed by atoms with Crippen molar-refractivity contribution in [2.75, 3.05) is 0 Å². The summed E-state index contributed by atoms with van der Waals surface area (Å²) in [4.78, 5) is 28.7. The van der Waals surface area contributed by atoms with Crippen LogP contribution in [-0.4, -0.2) is 31.6 Å². The van der Waals surface area contributed by atoms with Gasteiger partial charge in [0.15, 0.2) is 0 Å². The zero-order valence-electron chi connectivity index (χ0n) is 14.9. The summed E-state index contributed by atoms with van der Waals surface area (Å²) in [7, 11) is 0. The van der Waals surface area contributed by atoms with E-state index in [1.54, 1.807) is 24.3 Å². The van der Waals surface area contributed by atoms with Gasteiger partial charge in [0.05, 0.1) is 24.0 Å². The van der Waals surface area contributed by atoms with Gasteiger partial charge in [-0.1, -0.05) is 35.0 Å². The van der Waals surface area contributed by atoms with Crippen molar-refractivity contribution in [2.24, 2.45) is 0 Å². The van der Waals surface area contributed by atoms with E-state index in [0.717, 1.165) is 11.3 Å². The molecule has 8 nitrogen and oxygen atoms in total. The second-order valence-corrected chi connectivity index (χ2v) is 6.48. The molecule has 0 fully saturated rings. The number of carbonyl (C=O) groups is 2. The van der Waals surface area contributed by atoms with Gasteiger partial charge in [-0.2, -0.15) is 10.1 Å². The number of nitrogens with one attached hydrogen (secondary N) is 1. The number of para-hydroxylation sites is 1. The lowest BCUT2D eigenvalue weighted by molar-refractivity contribution is -0.117. The number of aromatic nitrogens is 4. The molecule has 2 heterocycles. The monoisotopic (exact) mass is 407 g/mol. The van der Waals surface area contributed by atoms with Crippen molar-refractivity contribution in [3.8, 4) is 17.1 Å². The molecule has 2 aromatic carbocycles. The first-order valence-corrected chi connectivity index (χ1v) is 8.99. The highest BCUT2D eigenvalue weighted by Crippen LogP contribution is 2.18. The number of ketones is 1. The number of benzene rings is 2. The van der Waals surface area contributed by atoms with Gasteiger partial charge in [0.2, 0.25) is 11.7 Å². The van der Waals surface area contributed by atoms with Crippen molar-refractivity contribution in [3.05, 3.63) is 83.5 Å². The Morgan fingerprint density at radius 1 is 1.07 bits per heavy atom. The third-order valence-electron chi connectivity index (χ3n) is 4.04. The minimum Gasteiger partial charge on any atom is -0.340 e. The molecule has 144 valence electrons. The van der Waals surface area contributed by atoms with Crippen LogP contribution in [0.4, 0.5) is 0 Å². The van der Waals surface area contributed by atoms with E-state index in [2.05, 4.69) is 20.6 Å². The van der Waals surface area contributed by atoms with Crippen LogP contribution in [0.2, 0.25) is 5.02 Å². The average Bonchev–Trinajstić information content (AvgIpc) is 3.43. The SMILES string of the molecule is O=C(NCc1nc(-c2ccc(Cl)cc2)no1)C(=O)c1cnn(-c2ccccc2)c1. The highest BCUT2D eigenvalue weighted by Gasteiger charge is 2.19. The second kappa shape index (κ2) is 8.07. The second-order valence-electron chi connectivity index (χ2n) is 6.04. The molecular weight excluding hydrogens is 394 g/mol. The van der Waals surface area contributed by atoms with Crippen LogP contribution in [0.15, 0.2) is 71.5 Å². The molecule has 29 heavy (non-hydrogen) atoms. The Bertz CT molecular complexity index is 1150. The highest BCUT2D eigenvalue weighted by molar-refractivity contribution is 6.42. The van der Waals surface area contributed by atoms with Crippen LogP contribution < -0.4 is 5.32 Å². The Labute approximate surface area is 170 Å². The standard InChI is InChI=1S/C20H14ClN5O3/c21-15-8-6-13(7-9-15)19-24-17(29-25-19)11-22-20(28)18(27)14-10-23-26(12-14)16-4-2-1-3-5-16/h1-10,12H,11H2,(H,22,28). The minimum atomic E-state index is -0.788. The molecule has 4 rings (SSSR count). The van der Waals surface area contributed by atoms with Gasteiger partial charge < -0.3 is 9.84 Å². The summed E-state index contributed by atoms with van der Waals surface area (Å²) in [6.45, 7) is -0.0714. The molecule has 0 atom stereocenters. The van der Waals surface area contributed by atoms with Crippen LogP contribution in [-0.2, 0) is 11.3 Å². The average molecular weight is 408 g/mol.